The zero-order valence-corrected chi connectivity index (χ0v) is 12.4. The molecule has 2 heterocycles. The van der Waals surface area contributed by atoms with E-state index < -0.39 is 0 Å². The summed E-state index contributed by atoms with van der Waals surface area (Å²) < 4.78 is 0. The standard InChI is InChI=1S/C16H13ClN4O/c17-11-6-7-13-14(10-11)19-15(18-13)21-9-8-20(16(21)22)12-4-2-1-3-5-12/h1-7,10H,8-9H2,(H,18,19). The van der Waals surface area contributed by atoms with Gasteiger partial charge in [-0.3, -0.25) is 9.80 Å². The fourth-order valence-corrected chi connectivity index (χ4v) is 2.85. The van der Waals surface area contributed by atoms with E-state index >= 15 is 0 Å². The Hall–Kier alpha value is -2.53. The number of para-hydroxylation sites is 1. The molecule has 0 radical (unpaired) electrons. The molecule has 0 spiro atoms. The number of anilines is 2. The van der Waals surface area contributed by atoms with Crippen molar-refractivity contribution in [3.05, 3.63) is 53.6 Å². The number of nitrogens with zero attached hydrogens (tertiary/aromatic N) is 3. The molecule has 2 amide bonds. The summed E-state index contributed by atoms with van der Waals surface area (Å²) in [6.07, 6.45) is 0. The van der Waals surface area contributed by atoms with Crippen LogP contribution in [0.1, 0.15) is 0 Å². The van der Waals surface area contributed by atoms with Crippen LogP contribution >= 0.6 is 11.6 Å². The summed E-state index contributed by atoms with van der Waals surface area (Å²) in [5.74, 6) is 0.556. The number of halogens is 1. The van der Waals surface area contributed by atoms with Crippen molar-refractivity contribution in [1.29, 1.82) is 0 Å². The van der Waals surface area contributed by atoms with Crippen molar-refractivity contribution in [3.8, 4) is 0 Å². The molecule has 6 heteroatoms. The summed E-state index contributed by atoms with van der Waals surface area (Å²) in [5.41, 5.74) is 2.52. The van der Waals surface area contributed by atoms with Crippen LogP contribution in [0.25, 0.3) is 11.0 Å². The second-order valence-corrected chi connectivity index (χ2v) is 5.58. The Morgan fingerprint density at radius 1 is 1.05 bits per heavy atom. The largest absolute Gasteiger partial charge is 0.331 e. The molecule has 4 rings (SSSR count). The fraction of sp³-hybridized carbons (Fsp3) is 0.125. The number of amides is 2. The van der Waals surface area contributed by atoms with Gasteiger partial charge in [-0.15, -0.1) is 0 Å². The van der Waals surface area contributed by atoms with Crippen LogP contribution in [0.5, 0.6) is 0 Å². The lowest BCUT2D eigenvalue weighted by Gasteiger charge is -2.16. The molecule has 2 aromatic carbocycles. The van der Waals surface area contributed by atoms with Crippen molar-refractivity contribution < 1.29 is 4.79 Å². The van der Waals surface area contributed by atoms with Gasteiger partial charge in [0.1, 0.15) is 0 Å². The van der Waals surface area contributed by atoms with Crippen LogP contribution in [0.4, 0.5) is 16.4 Å². The molecule has 5 nitrogen and oxygen atoms in total. The van der Waals surface area contributed by atoms with Gasteiger partial charge in [-0.1, -0.05) is 29.8 Å². The molecule has 3 aromatic rings. The topological polar surface area (TPSA) is 52.2 Å². The summed E-state index contributed by atoms with van der Waals surface area (Å²) in [5, 5.41) is 0.640. The zero-order valence-electron chi connectivity index (χ0n) is 11.7. The lowest BCUT2D eigenvalue weighted by molar-refractivity contribution is 0.255. The van der Waals surface area contributed by atoms with E-state index in [-0.39, 0.29) is 6.03 Å². The first-order chi connectivity index (χ1) is 10.7. The molecular formula is C16H13ClN4O. The molecule has 22 heavy (non-hydrogen) atoms. The molecule has 1 aromatic heterocycles. The highest BCUT2D eigenvalue weighted by Gasteiger charge is 2.32. The van der Waals surface area contributed by atoms with Crippen molar-refractivity contribution in [2.75, 3.05) is 22.9 Å². The first-order valence-corrected chi connectivity index (χ1v) is 7.39. The van der Waals surface area contributed by atoms with Crippen molar-refractivity contribution >= 4 is 40.3 Å². The van der Waals surface area contributed by atoms with Gasteiger partial charge in [-0.2, -0.15) is 0 Å². The van der Waals surface area contributed by atoms with Crippen LogP contribution in [0.15, 0.2) is 48.5 Å². The number of carbonyl (C=O) groups excluding carboxylic acids is 1. The molecule has 0 unspecified atom stereocenters. The lowest BCUT2D eigenvalue weighted by atomic mass is 10.3. The van der Waals surface area contributed by atoms with Gasteiger partial charge in [-0.25, -0.2) is 9.78 Å². The van der Waals surface area contributed by atoms with E-state index in [1.807, 2.05) is 42.5 Å². The van der Waals surface area contributed by atoms with E-state index in [9.17, 15) is 4.79 Å². The highest BCUT2D eigenvalue weighted by atomic mass is 35.5. The molecule has 110 valence electrons. The van der Waals surface area contributed by atoms with Crippen LogP contribution < -0.4 is 9.80 Å². The van der Waals surface area contributed by atoms with Crippen molar-refractivity contribution in [1.82, 2.24) is 9.97 Å². The van der Waals surface area contributed by atoms with Gasteiger partial charge in [0.2, 0.25) is 5.95 Å². The molecule has 1 N–H and O–H groups in total. The van der Waals surface area contributed by atoms with E-state index in [4.69, 9.17) is 11.6 Å². The van der Waals surface area contributed by atoms with Crippen molar-refractivity contribution in [2.24, 2.45) is 0 Å². The number of hydrogen-bond donors (Lipinski definition) is 1. The highest BCUT2D eigenvalue weighted by Crippen LogP contribution is 2.26. The average Bonchev–Trinajstić information content (AvgIpc) is 3.10. The molecule has 0 bridgehead atoms. The Balaban J connectivity index is 1.67. The summed E-state index contributed by atoms with van der Waals surface area (Å²) in [6.45, 7) is 1.24. The SMILES string of the molecule is O=C1N(c2ccccc2)CCN1c1nc2ccc(Cl)cc2[nH]1. The summed E-state index contributed by atoms with van der Waals surface area (Å²) in [6, 6.07) is 15.0. The van der Waals surface area contributed by atoms with E-state index in [0.717, 1.165) is 16.7 Å². The average molecular weight is 313 g/mol. The summed E-state index contributed by atoms with van der Waals surface area (Å²) >= 11 is 5.98. The number of rotatable bonds is 2. The van der Waals surface area contributed by atoms with Gasteiger partial charge in [0.05, 0.1) is 11.0 Å². The number of hydrogen-bond acceptors (Lipinski definition) is 2. The van der Waals surface area contributed by atoms with Crippen LogP contribution in [0, 0.1) is 0 Å². The normalized spacial score (nSPS) is 15.0. The maximum atomic E-state index is 12.6. The van der Waals surface area contributed by atoms with Gasteiger partial charge in [0, 0.05) is 23.8 Å². The Morgan fingerprint density at radius 3 is 2.64 bits per heavy atom. The van der Waals surface area contributed by atoms with E-state index in [0.29, 0.717) is 24.1 Å². The van der Waals surface area contributed by atoms with Gasteiger partial charge in [0.25, 0.3) is 0 Å². The third-order valence-corrected chi connectivity index (χ3v) is 4.00. The first-order valence-electron chi connectivity index (χ1n) is 7.02. The molecule has 1 aliphatic rings. The number of benzene rings is 2. The lowest BCUT2D eigenvalue weighted by Crippen LogP contribution is -2.32. The van der Waals surface area contributed by atoms with Gasteiger partial charge >= 0.3 is 6.03 Å². The van der Waals surface area contributed by atoms with Crippen molar-refractivity contribution in [3.63, 3.8) is 0 Å². The van der Waals surface area contributed by atoms with Crippen LogP contribution in [-0.2, 0) is 0 Å². The van der Waals surface area contributed by atoms with E-state index in [1.54, 1.807) is 15.9 Å². The molecule has 0 atom stereocenters. The third-order valence-electron chi connectivity index (χ3n) is 3.76. The number of carbonyl (C=O) groups is 1. The number of aromatic amines is 1. The molecule has 0 saturated carbocycles. The fourth-order valence-electron chi connectivity index (χ4n) is 2.68. The summed E-state index contributed by atoms with van der Waals surface area (Å²) in [4.78, 5) is 23.7. The minimum Gasteiger partial charge on any atom is -0.324 e. The Kier molecular flexibility index (Phi) is 3.01. The number of fused-ring (bicyclic) bond motifs is 1. The maximum absolute atomic E-state index is 12.6. The number of H-pyrrole nitrogens is 1. The predicted molar refractivity (Wildman–Crippen MR) is 87.6 cm³/mol. The van der Waals surface area contributed by atoms with Gasteiger partial charge in [-0.05, 0) is 30.3 Å². The van der Waals surface area contributed by atoms with Crippen LogP contribution in [0.3, 0.4) is 0 Å². The van der Waals surface area contributed by atoms with Crippen LogP contribution in [-0.4, -0.2) is 29.1 Å². The molecule has 1 saturated heterocycles. The molecule has 1 fully saturated rings. The monoisotopic (exact) mass is 312 g/mol. The smallest absolute Gasteiger partial charge is 0.324 e. The summed E-state index contributed by atoms with van der Waals surface area (Å²) in [7, 11) is 0. The van der Waals surface area contributed by atoms with Gasteiger partial charge in [0.15, 0.2) is 0 Å². The molecule has 1 aliphatic heterocycles. The minimum atomic E-state index is -0.0728. The maximum Gasteiger partial charge on any atom is 0.331 e. The zero-order chi connectivity index (χ0) is 15.1. The van der Waals surface area contributed by atoms with E-state index in [2.05, 4.69) is 9.97 Å². The second kappa shape index (κ2) is 5.03. The van der Waals surface area contributed by atoms with Crippen molar-refractivity contribution in [2.45, 2.75) is 0 Å². The van der Waals surface area contributed by atoms with Crippen LogP contribution in [0.2, 0.25) is 5.02 Å². The Bertz CT molecular complexity index is 846. The predicted octanol–water partition coefficient (Wildman–Crippen LogP) is 3.66. The van der Waals surface area contributed by atoms with Gasteiger partial charge < -0.3 is 4.98 Å². The second-order valence-electron chi connectivity index (χ2n) is 5.14. The number of urea groups is 1. The molecule has 0 aliphatic carbocycles. The highest BCUT2D eigenvalue weighted by molar-refractivity contribution is 6.31. The molecular weight excluding hydrogens is 300 g/mol. The Labute approximate surface area is 132 Å². The van der Waals surface area contributed by atoms with E-state index in [1.165, 1.54) is 0 Å². The minimum absolute atomic E-state index is 0.0728. The number of imidazole rings is 1. The quantitative estimate of drug-likeness (QED) is 0.785. The Morgan fingerprint density at radius 2 is 1.82 bits per heavy atom. The first kappa shape index (κ1) is 13.2. The third kappa shape index (κ3) is 2.10. The number of aromatic nitrogens is 2. The number of nitrogens with one attached hydrogen (secondary N) is 1.